The van der Waals surface area contributed by atoms with Crippen LogP contribution in [-0.4, -0.2) is 27.6 Å². The molecule has 33 heavy (non-hydrogen) atoms. The molecule has 1 aromatic carbocycles. The number of anilines is 1. The summed E-state index contributed by atoms with van der Waals surface area (Å²) in [4.78, 5) is 25.4. The van der Waals surface area contributed by atoms with Crippen LogP contribution >= 0.6 is 0 Å². The van der Waals surface area contributed by atoms with Crippen molar-refractivity contribution in [1.82, 2.24) is 14.3 Å². The van der Waals surface area contributed by atoms with Crippen molar-refractivity contribution in [2.45, 2.75) is 44.9 Å². The van der Waals surface area contributed by atoms with Crippen LogP contribution in [0.15, 0.2) is 40.1 Å². The van der Waals surface area contributed by atoms with Gasteiger partial charge in [0.2, 0.25) is 0 Å². The summed E-state index contributed by atoms with van der Waals surface area (Å²) in [5.41, 5.74) is -0.815. The molecule has 1 atom stereocenters. The molecule has 1 saturated heterocycles. The minimum atomic E-state index is -4.46. The molecule has 0 aliphatic carbocycles. The van der Waals surface area contributed by atoms with E-state index in [1.54, 1.807) is 23.8 Å². The lowest BCUT2D eigenvalue weighted by Crippen LogP contribution is -2.30. The van der Waals surface area contributed by atoms with Crippen molar-refractivity contribution in [1.29, 1.82) is 0 Å². The van der Waals surface area contributed by atoms with Crippen molar-refractivity contribution in [3.63, 3.8) is 0 Å². The Balaban J connectivity index is 1.80. The monoisotopic (exact) mass is 462 g/mol. The third kappa shape index (κ3) is 4.39. The summed E-state index contributed by atoms with van der Waals surface area (Å²) in [7, 11) is 1.47. The van der Waals surface area contributed by atoms with Crippen molar-refractivity contribution in [2.24, 2.45) is 7.05 Å². The van der Waals surface area contributed by atoms with Gasteiger partial charge in [-0.1, -0.05) is 12.1 Å². The zero-order chi connectivity index (χ0) is 23.9. The van der Waals surface area contributed by atoms with Crippen LogP contribution in [0, 0.1) is 6.92 Å². The molecule has 1 aliphatic rings. The highest BCUT2D eigenvalue weighted by Crippen LogP contribution is 2.35. The van der Waals surface area contributed by atoms with Crippen LogP contribution < -0.4 is 16.4 Å². The maximum absolute atomic E-state index is 13.4. The lowest BCUT2D eigenvalue weighted by Gasteiger charge is -2.25. The standard InChI is InChI=1S/C23H25F3N4O3/c1-13-16(5-4-6-19(13)23(24,25)26)14(2)27-21-18-12-30(15-7-9-33-10-8-15)20(31)11-17(18)22(32)29(3)28-21/h4-6,11-12,14-15H,7-10H2,1-3H3,(H,27,28). The summed E-state index contributed by atoms with van der Waals surface area (Å²) in [5, 5.41) is 8.12. The Hall–Kier alpha value is -3.14. The van der Waals surface area contributed by atoms with E-state index in [0.717, 1.165) is 10.7 Å². The molecule has 3 aromatic rings. The van der Waals surface area contributed by atoms with Gasteiger partial charge in [-0.2, -0.15) is 18.3 Å². The Morgan fingerprint density at radius 2 is 1.88 bits per heavy atom. The van der Waals surface area contributed by atoms with Crippen molar-refractivity contribution < 1.29 is 17.9 Å². The first-order valence-electron chi connectivity index (χ1n) is 10.7. The predicted molar refractivity (Wildman–Crippen MR) is 119 cm³/mol. The largest absolute Gasteiger partial charge is 0.416 e. The van der Waals surface area contributed by atoms with Crippen LogP contribution in [0.3, 0.4) is 0 Å². The van der Waals surface area contributed by atoms with Gasteiger partial charge in [-0.15, -0.1) is 0 Å². The first-order chi connectivity index (χ1) is 15.6. The topological polar surface area (TPSA) is 78.2 Å². The summed E-state index contributed by atoms with van der Waals surface area (Å²) >= 11 is 0. The van der Waals surface area contributed by atoms with Gasteiger partial charge >= 0.3 is 6.18 Å². The normalized spacial score (nSPS) is 16.2. The van der Waals surface area contributed by atoms with Crippen LogP contribution in [-0.2, 0) is 18.0 Å². The molecule has 3 heterocycles. The van der Waals surface area contributed by atoms with Crippen LogP contribution in [0.5, 0.6) is 0 Å². The number of fused-ring (bicyclic) bond motifs is 1. The summed E-state index contributed by atoms with van der Waals surface area (Å²) in [5.74, 6) is 0.317. The van der Waals surface area contributed by atoms with E-state index in [9.17, 15) is 22.8 Å². The highest BCUT2D eigenvalue weighted by molar-refractivity contribution is 5.90. The Bertz CT molecular complexity index is 1310. The molecule has 10 heteroatoms. The number of alkyl halides is 3. The molecule has 1 aliphatic heterocycles. The number of rotatable bonds is 4. The molecule has 0 radical (unpaired) electrons. The van der Waals surface area contributed by atoms with Gasteiger partial charge in [-0.3, -0.25) is 9.59 Å². The molecular weight excluding hydrogens is 437 g/mol. The summed E-state index contributed by atoms with van der Waals surface area (Å²) in [6.07, 6.45) is -1.49. The molecule has 4 rings (SSSR count). The Kier molecular flexibility index (Phi) is 6.04. The smallest absolute Gasteiger partial charge is 0.381 e. The number of nitrogens with one attached hydrogen (secondary N) is 1. The first kappa shape index (κ1) is 23.0. The average Bonchev–Trinajstić information content (AvgIpc) is 2.77. The second-order valence-corrected chi connectivity index (χ2v) is 8.35. The molecule has 2 aromatic heterocycles. The number of pyridine rings is 1. The molecule has 7 nitrogen and oxygen atoms in total. The highest BCUT2D eigenvalue weighted by atomic mass is 19.4. The van der Waals surface area contributed by atoms with E-state index in [1.807, 2.05) is 0 Å². The van der Waals surface area contributed by atoms with Crippen molar-refractivity contribution >= 4 is 16.6 Å². The highest BCUT2D eigenvalue weighted by Gasteiger charge is 2.33. The Morgan fingerprint density at radius 1 is 1.18 bits per heavy atom. The Morgan fingerprint density at radius 3 is 2.55 bits per heavy atom. The van der Waals surface area contributed by atoms with Gasteiger partial charge in [0.1, 0.15) is 0 Å². The van der Waals surface area contributed by atoms with Crippen LogP contribution in [0.4, 0.5) is 19.0 Å². The van der Waals surface area contributed by atoms with Crippen LogP contribution in [0.1, 0.15) is 48.5 Å². The molecule has 1 N–H and O–H groups in total. The molecule has 0 bridgehead atoms. The molecule has 176 valence electrons. The number of aryl methyl sites for hydroxylation is 1. The maximum Gasteiger partial charge on any atom is 0.416 e. The van der Waals surface area contributed by atoms with Crippen LogP contribution in [0.2, 0.25) is 0 Å². The van der Waals surface area contributed by atoms with Gasteiger partial charge in [0.25, 0.3) is 11.1 Å². The summed E-state index contributed by atoms with van der Waals surface area (Å²) in [6.45, 7) is 4.25. The molecule has 0 amide bonds. The van der Waals surface area contributed by atoms with E-state index in [1.165, 1.54) is 26.1 Å². The number of nitrogens with zero attached hydrogens (tertiary/aromatic N) is 3. The summed E-state index contributed by atoms with van der Waals surface area (Å²) in [6, 6.07) is 4.76. The summed E-state index contributed by atoms with van der Waals surface area (Å²) < 4.78 is 48.2. The molecular formula is C23H25F3N4O3. The zero-order valence-corrected chi connectivity index (χ0v) is 18.6. The third-order valence-electron chi connectivity index (χ3n) is 6.20. The first-order valence-corrected chi connectivity index (χ1v) is 10.7. The quantitative estimate of drug-likeness (QED) is 0.635. The van der Waals surface area contributed by atoms with Gasteiger partial charge in [-0.25, -0.2) is 4.68 Å². The molecule has 0 spiro atoms. The maximum atomic E-state index is 13.4. The fraction of sp³-hybridized carbons (Fsp3) is 0.435. The average molecular weight is 462 g/mol. The van der Waals surface area contributed by atoms with E-state index >= 15 is 0 Å². The molecule has 0 saturated carbocycles. The SMILES string of the molecule is Cc1c(C(C)Nc2nn(C)c(=O)c3cc(=O)n(C4CCOCC4)cc23)cccc1C(F)(F)F. The minimum Gasteiger partial charge on any atom is -0.381 e. The lowest BCUT2D eigenvalue weighted by atomic mass is 9.97. The molecule has 1 fully saturated rings. The van der Waals surface area contributed by atoms with Crippen LogP contribution in [0.25, 0.3) is 10.8 Å². The minimum absolute atomic E-state index is 0.0595. The van der Waals surface area contributed by atoms with Gasteiger partial charge in [-0.05, 0) is 43.9 Å². The van der Waals surface area contributed by atoms with E-state index < -0.39 is 23.3 Å². The van der Waals surface area contributed by atoms with Gasteiger partial charge in [0.15, 0.2) is 5.82 Å². The number of aromatic nitrogens is 3. The number of benzene rings is 1. The zero-order valence-electron chi connectivity index (χ0n) is 18.6. The van der Waals surface area contributed by atoms with E-state index in [2.05, 4.69) is 10.4 Å². The number of ether oxygens (including phenoxy) is 1. The molecule has 1 unspecified atom stereocenters. The van der Waals surface area contributed by atoms with Crippen molar-refractivity contribution in [3.05, 3.63) is 67.9 Å². The lowest BCUT2D eigenvalue weighted by molar-refractivity contribution is -0.138. The van der Waals surface area contributed by atoms with Crippen molar-refractivity contribution in [2.75, 3.05) is 18.5 Å². The second kappa shape index (κ2) is 8.66. The number of halogens is 3. The Labute approximate surface area is 187 Å². The van der Waals surface area contributed by atoms with Gasteiger partial charge in [0, 0.05) is 44.0 Å². The van der Waals surface area contributed by atoms with Crippen molar-refractivity contribution in [3.8, 4) is 0 Å². The second-order valence-electron chi connectivity index (χ2n) is 8.35. The predicted octanol–water partition coefficient (Wildman–Crippen LogP) is 3.95. The van der Waals surface area contributed by atoms with E-state index in [4.69, 9.17) is 4.74 Å². The fourth-order valence-electron chi connectivity index (χ4n) is 4.41. The fourth-order valence-corrected chi connectivity index (χ4v) is 4.41. The van der Waals surface area contributed by atoms with Gasteiger partial charge < -0.3 is 14.6 Å². The number of hydrogen-bond acceptors (Lipinski definition) is 5. The van der Waals surface area contributed by atoms with E-state index in [0.29, 0.717) is 42.8 Å². The van der Waals surface area contributed by atoms with Gasteiger partial charge in [0.05, 0.1) is 17.0 Å². The van der Waals surface area contributed by atoms with E-state index in [-0.39, 0.29) is 22.6 Å². The number of hydrogen-bond donors (Lipinski definition) is 1. The third-order valence-corrected chi connectivity index (χ3v) is 6.20.